The average molecular weight is 348 g/mol. The Morgan fingerprint density at radius 2 is 2.29 bits per heavy atom. The molecule has 2 amide bonds. The van der Waals surface area contributed by atoms with Crippen LogP contribution in [0.1, 0.15) is 5.56 Å². The van der Waals surface area contributed by atoms with Crippen LogP contribution in [0.15, 0.2) is 36.7 Å². The normalized spacial score (nSPS) is 20.5. The van der Waals surface area contributed by atoms with Gasteiger partial charge < -0.3 is 10.6 Å². The van der Waals surface area contributed by atoms with Gasteiger partial charge in [0.25, 0.3) is 0 Å². The molecule has 1 aromatic heterocycles. The van der Waals surface area contributed by atoms with Crippen LogP contribution in [0.2, 0.25) is 0 Å². The summed E-state index contributed by atoms with van der Waals surface area (Å²) in [5.41, 5.74) is 1.08. The van der Waals surface area contributed by atoms with Crippen molar-refractivity contribution >= 4 is 29.3 Å². The maximum atomic E-state index is 13.7. The van der Waals surface area contributed by atoms with E-state index in [1.54, 1.807) is 36.1 Å². The molecule has 0 radical (unpaired) electrons. The van der Waals surface area contributed by atoms with Gasteiger partial charge in [-0.05, 0) is 18.1 Å². The number of amides is 2. The van der Waals surface area contributed by atoms with Crippen molar-refractivity contribution in [3.05, 3.63) is 48.0 Å². The van der Waals surface area contributed by atoms with Gasteiger partial charge in [0.1, 0.15) is 11.9 Å². The minimum atomic E-state index is -0.612. The fourth-order valence-electron chi connectivity index (χ4n) is 2.47. The van der Waals surface area contributed by atoms with Crippen molar-refractivity contribution in [1.82, 2.24) is 15.1 Å². The molecule has 2 N–H and O–H groups in total. The molecule has 0 aliphatic carbocycles. The van der Waals surface area contributed by atoms with Crippen LogP contribution in [0.4, 0.5) is 10.1 Å². The topological polar surface area (TPSA) is 76.0 Å². The fourth-order valence-corrected chi connectivity index (χ4v) is 3.64. The molecule has 0 spiro atoms. The molecule has 1 aromatic carbocycles. The molecule has 2 aromatic rings. The number of rotatable bonds is 4. The summed E-state index contributed by atoms with van der Waals surface area (Å²) in [6.07, 6.45) is 3.52. The first kappa shape index (κ1) is 16.5. The van der Waals surface area contributed by atoms with Crippen molar-refractivity contribution in [2.75, 3.05) is 11.1 Å². The summed E-state index contributed by atoms with van der Waals surface area (Å²) in [6.45, 7) is 0. The van der Waals surface area contributed by atoms with E-state index in [0.717, 1.165) is 0 Å². The van der Waals surface area contributed by atoms with Crippen LogP contribution < -0.4 is 10.6 Å². The molecule has 8 heteroatoms. The largest absolute Gasteiger partial charge is 0.343 e. The number of halogens is 1. The van der Waals surface area contributed by atoms with Crippen LogP contribution >= 0.6 is 11.8 Å². The van der Waals surface area contributed by atoms with Crippen LogP contribution in [0.25, 0.3) is 0 Å². The number of hydrogen-bond acceptors (Lipinski definition) is 4. The standard InChI is InChI=1S/C16H17FN4O2S/c1-21-8-11(7-18-21)19-15(22)13-9-24-14(16(23)20-13)6-10-4-2-3-5-12(10)17/h2-5,7-8,13-14H,6,9H2,1H3,(H,19,22)(H,20,23)/t13-,14-/m0/s1. The molecule has 6 nitrogen and oxygen atoms in total. The van der Waals surface area contributed by atoms with Gasteiger partial charge in [0, 0.05) is 19.0 Å². The maximum Gasteiger partial charge on any atom is 0.247 e. The minimum Gasteiger partial charge on any atom is -0.343 e. The van der Waals surface area contributed by atoms with Gasteiger partial charge in [-0.25, -0.2) is 4.39 Å². The van der Waals surface area contributed by atoms with Gasteiger partial charge in [0.2, 0.25) is 11.8 Å². The van der Waals surface area contributed by atoms with E-state index in [-0.39, 0.29) is 17.6 Å². The highest BCUT2D eigenvalue weighted by Crippen LogP contribution is 2.23. The maximum absolute atomic E-state index is 13.7. The molecule has 126 valence electrons. The SMILES string of the molecule is Cn1cc(NC(=O)[C@@H]2CS[C@@H](Cc3ccccc3F)C(=O)N2)cn1. The van der Waals surface area contributed by atoms with E-state index in [2.05, 4.69) is 15.7 Å². The van der Waals surface area contributed by atoms with E-state index in [4.69, 9.17) is 0 Å². The lowest BCUT2D eigenvalue weighted by Gasteiger charge is -2.28. The number of nitrogens with zero attached hydrogens (tertiary/aromatic N) is 2. The monoisotopic (exact) mass is 348 g/mol. The summed E-state index contributed by atoms with van der Waals surface area (Å²) < 4.78 is 15.3. The lowest BCUT2D eigenvalue weighted by atomic mass is 10.1. The van der Waals surface area contributed by atoms with E-state index in [1.807, 2.05) is 0 Å². The predicted molar refractivity (Wildman–Crippen MR) is 90.1 cm³/mol. The van der Waals surface area contributed by atoms with Crippen LogP contribution in [0.3, 0.4) is 0 Å². The summed E-state index contributed by atoms with van der Waals surface area (Å²) in [5, 5.41) is 9.00. The van der Waals surface area contributed by atoms with Crippen molar-refractivity contribution in [2.24, 2.45) is 7.05 Å². The highest BCUT2D eigenvalue weighted by molar-refractivity contribution is 8.00. The van der Waals surface area contributed by atoms with Crippen molar-refractivity contribution in [3.63, 3.8) is 0 Å². The van der Waals surface area contributed by atoms with Gasteiger partial charge in [-0.1, -0.05) is 18.2 Å². The molecule has 0 saturated carbocycles. The minimum absolute atomic E-state index is 0.249. The van der Waals surface area contributed by atoms with E-state index in [1.165, 1.54) is 24.0 Å². The van der Waals surface area contributed by atoms with E-state index < -0.39 is 11.3 Å². The molecule has 3 rings (SSSR count). The van der Waals surface area contributed by atoms with Crippen molar-refractivity contribution in [3.8, 4) is 0 Å². The molecular weight excluding hydrogens is 331 g/mol. The number of carbonyl (C=O) groups excluding carboxylic acids is 2. The Labute approximate surface area is 142 Å². The van der Waals surface area contributed by atoms with Gasteiger partial charge in [0.15, 0.2) is 0 Å². The lowest BCUT2D eigenvalue weighted by Crippen LogP contribution is -2.52. The molecule has 2 heterocycles. The number of anilines is 1. The molecule has 0 unspecified atom stereocenters. The van der Waals surface area contributed by atoms with Crippen molar-refractivity contribution < 1.29 is 14.0 Å². The molecular formula is C16H17FN4O2S. The van der Waals surface area contributed by atoms with Crippen molar-refractivity contribution in [1.29, 1.82) is 0 Å². The van der Waals surface area contributed by atoms with Crippen LogP contribution in [-0.2, 0) is 23.1 Å². The second kappa shape index (κ2) is 7.04. The zero-order valence-electron chi connectivity index (χ0n) is 13.0. The Bertz CT molecular complexity index is 764. The number of aromatic nitrogens is 2. The Morgan fingerprint density at radius 1 is 1.50 bits per heavy atom. The Kier molecular flexibility index (Phi) is 4.84. The van der Waals surface area contributed by atoms with Gasteiger partial charge in [-0.2, -0.15) is 5.10 Å². The Hall–Kier alpha value is -2.35. The zero-order valence-corrected chi connectivity index (χ0v) is 13.8. The quantitative estimate of drug-likeness (QED) is 0.874. The number of thioether (sulfide) groups is 1. The second-order valence-electron chi connectivity index (χ2n) is 5.57. The first-order valence-electron chi connectivity index (χ1n) is 7.48. The molecule has 2 atom stereocenters. The predicted octanol–water partition coefficient (Wildman–Crippen LogP) is 1.34. The number of aryl methyl sites for hydroxylation is 1. The lowest BCUT2D eigenvalue weighted by molar-refractivity contribution is -0.126. The highest BCUT2D eigenvalue weighted by atomic mass is 32.2. The van der Waals surface area contributed by atoms with Gasteiger partial charge in [0.05, 0.1) is 17.1 Å². The molecule has 1 saturated heterocycles. The smallest absolute Gasteiger partial charge is 0.247 e. The molecule has 1 fully saturated rings. The van der Waals surface area contributed by atoms with Crippen LogP contribution in [0.5, 0.6) is 0 Å². The summed E-state index contributed by atoms with van der Waals surface area (Å²) >= 11 is 1.37. The third-order valence-corrected chi connectivity index (χ3v) is 5.03. The third kappa shape index (κ3) is 3.76. The summed E-state index contributed by atoms with van der Waals surface area (Å²) in [6, 6.07) is 5.80. The Balaban J connectivity index is 1.58. The summed E-state index contributed by atoms with van der Waals surface area (Å²) in [7, 11) is 1.75. The Morgan fingerprint density at radius 3 is 2.96 bits per heavy atom. The zero-order chi connectivity index (χ0) is 17.1. The number of hydrogen-bond donors (Lipinski definition) is 2. The van der Waals surface area contributed by atoms with Gasteiger partial charge in [-0.3, -0.25) is 14.3 Å². The highest BCUT2D eigenvalue weighted by Gasteiger charge is 2.32. The van der Waals surface area contributed by atoms with Gasteiger partial charge in [-0.15, -0.1) is 11.8 Å². The second-order valence-corrected chi connectivity index (χ2v) is 6.81. The first-order chi connectivity index (χ1) is 11.5. The molecule has 24 heavy (non-hydrogen) atoms. The van der Waals surface area contributed by atoms with E-state index in [9.17, 15) is 14.0 Å². The molecule has 1 aliphatic heterocycles. The molecule has 1 aliphatic rings. The number of carbonyl (C=O) groups is 2. The molecule has 0 bridgehead atoms. The average Bonchev–Trinajstić information content (AvgIpc) is 2.96. The van der Waals surface area contributed by atoms with Crippen LogP contribution in [0, 0.1) is 5.82 Å². The summed E-state index contributed by atoms with van der Waals surface area (Å²) in [5.74, 6) is -0.409. The van der Waals surface area contributed by atoms with Crippen LogP contribution in [-0.4, -0.2) is 38.6 Å². The first-order valence-corrected chi connectivity index (χ1v) is 8.52. The van der Waals surface area contributed by atoms with E-state index >= 15 is 0 Å². The van der Waals surface area contributed by atoms with Crippen molar-refractivity contribution in [2.45, 2.75) is 17.7 Å². The number of benzene rings is 1. The summed E-state index contributed by atoms with van der Waals surface area (Å²) in [4.78, 5) is 24.4. The third-order valence-electron chi connectivity index (χ3n) is 3.73. The van der Waals surface area contributed by atoms with Gasteiger partial charge >= 0.3 is 0 Å². The fraction of sp³-hybridized carbons (Fsp3) is 0.312. The number of nitrogens with one attached hydrogen (secondary N) is 2. The van der Waals surface area contributed by atoms with E-state index in [0.29, 0.717) is 23.4 Å².